The molecule has 2 unspecified atom stereocenters. The summed E-state index contributed by atoms with van der Waals surface area (Å²) in [6.07, 6.45) is 4.57. The lowest BCUT2D eigenvalue weighted by atomic mass is 9.98. The van der Waals surface area contributed by atoms with E-state index in [1.807, 2.05) is 11.7 Å². The summed E-state index contributed by atoms with van der Waals surface area (Å²) < 4.78 is 7.14. The summed E-state index contributed by atoms with van der Waals surface area (Å²) in [5.41, 5.74) is 0. The van der Waals surface area contributed by atoms with E-state index in [-0.39, 0.29) is 24.0 Å². The zero-order valence-corrected chi connectivity index (χ0v) is 19.1. The van der Waals surface area contributed by atoms with Gasteiger partial charge in [0.2, 0.25) is 0 Å². The maximum Gasteiger partial charge on any atom is 0.191 e. The predicted octanol–water partition coefficient (Wildman–Crippen LogP) is 1.25. The molecule has 9 heteroatoms. The molecule has 1 saturated heterocycles. The zero-order valence-electron chi connectivity index (χ0n) is 16.8. The molecule has 2 N–H and O–H groups in total. The first-order chi connectivity index (χ1) is 12.7. The largest absolute Gasteiger partial charge is 0.377 e. The quantitative estimate of drug-likeness (QED) is 0.355. The maximum absolute atomic E-state index is 5.13. The van der Waals surface area contributed by atoms with Crippen molar-refractivity contribution in [3.05, 3.63) is 11.6 Å². The van der Waals surface area contributed by atoms with Crippen LogP contribution in [0.3, 0.4) is 0 Å². The second kappa shape index (κ2) is 11.2. The number of aryl methyl sites for hydroxylation is 1. The third-order valence-corrected chi connectivity index (χ3v) is 5.35. The standard InChI is InChI=1S/C18H33N7O.HI/c1-4-24-9-5-6-14(11-24)10-20-18(19-2)21-15-7-8-17-22-16(13-26-3)23-25(17)12-15;/h14-15H,4-13H2,1-3H3,(H2,19,20,21);1H. The minimum Gasteiger partial charge on any atom is -0.377 e. The van der Waals surface area contributed by atoms with Crippen LogP contribution in [-0.2, 0) is 24.3 Å². The van der Waals surface area contributed by atoms with E-state index in [1.165, 1.54) is 25.9 Å². The topological polar surface area (TPSA) is 79.6 Å². The van der Waals surface area contributed by atoms with Crippen LogP contribution in [0.1, 0.15) is 37.8 Å². The van der Waals surface area contributed by atoms with Crippen molar-refractivity contribution in [1.29, 1.82) is 0 Å². The first-order valence-corrected chi connectivity index (χ1v) is 9.82. The number of hydrogen-bond donors (Lipinski definition) is 2. The summed E-state index contributed by atoms with van der Waals surface area (Å²) >= 11 is 0. The molecule has 0 aromatic carbocycles. The molecule has 27 heavy (non-hydrogen) atoms. The van der Waals surface area contributed by atoms with Crippen LogP contribution in [0, 0.1) is 5.92 Å². The fourth-order valence-corrected chi connectivity index (χ4v) is 3.90. The molecule has 1 aromatic rings. The summed E-state index contributed by atoms with van der Waals surface area (Å²) in [4.78, 5) is 11.5. The summed E-state index contributed by atoms with van der Waals surface area (Å²) in [6, 6.07) is 0.323. The van der Waals surface area contributed by atoms with Crippen molar-refractivity contribution in [2.75, 3.05) is 40.3 Å². The third kappa shape index (κ3) is 6.28. The molecular weight excluding hydrogens is 457 g/mol. The van der Waals surface area contributed by atoms with E-state index >= 15 is 0 Å². The molecule has 8 nitrogen and oxygen atoms in total. The highest BCUT2D eigenvalue weighted by atomic mass is 127. The SMILES string of the molecule is CCN1CCCC(CNC(=NC)NC2CCc3nc(COC)nn3C2)C1.I. The molecule has 1 fully saturated rings. The van der Waals surface area contributed by atoms with Crippen LogP contribution < -0.4 is 10.6 Å². The number of halogens is 1. The van der Waals surface area contributed by atoms with Crippen molar-refractivity contribution in [3.8, 4) is 0 Å². The Morgan fingerprint density at radius 3 is 2.93 bits per heavy atom. The van der Waals surface area contributed by atoms with E-state index in [2.05, 4.69) is 37.5 Å². The van der Waals surface area contributed by atoms with E-state index in [0.717, 1.165) is 50.1 Å². The molecule has 0 radical (unpaired) electrons. The number of likely N-dealkylation sites (tertiary alicyclic amines) is 1. The van der Waals surface area contributed by atoms with Gasteiger partial charge in [-0.2, -0.15) is 5.10 Å². The molecule has 2 aliphatic rings. The summed E-state index contributed by atoms with van der Waals surface area (Å²) in [5, 5.41) is 11.6. The average Bonchev–Trinajstić information content (AvgIpc) is 3.07. The van der Waals surface area contributed by atoms with Gasteiger partial charge in [0.1, 0.15) is 12.4 Å². The highest BCUT2D eigenvalue weighted by Crippen LogP contribution is 2.16. The summed E-state index contributed by atoms with van der Waals surface area (Å²) in [5.74, 6) is 3.42. The lowest BCUT2D eigenvalue weighted by molar-refractivity contribution is 0.177. The number of ether oxygens (including phenoxy) is 1. The fourth-order valence-electron chi connectivity index (χ4n) is 3.90. The number of aliphatic imine (C=N–C) groups is 1. The van der Waals surface area contributed by atoms with Crippen molar-refractivity contribution in [2.24, 2.45) is 10.9 Å². The highest BCUT2D eigenvalue weighted by Gasteiger charge is 2.23. The van der Waals surface area contributed by atoms with Gasteiger partial charge in [-0.3, -0.25) is 4.99 Å². The van der Waals surface area contributed by atoms with Gasteiger partial charge in [0.25, 0.3) is 0 Å². The lowest BCUT2D eigenvalue weighted by Crippen LogP contribution is -2.49. The number of hydrogen-bond acceptors (Lipinski definition) is 5. The van der Waals surface area contributed by atoms with Crippen molar-refractivity contribution < 1.29 is 4.74 Å². The van der Waals surface area contributed by atoms with E-state index in [9.17, 15) is 0 Å². The molecule has 0 bridgehead atoms. The van der Waals surface area contributed by atoms with Gasteiger partial charge >= 0.3 is 0 Å². The van der Waals surface area contributed by atoms with Crippen molar-refractivity contribution in [3.63, 3.8) is 0 Å². The smallest absolute Gasteiger partial charge is 0.191 e. The Morgan fingerprint density at radius 2 is 2.19 bits per heavy atom. The zero-order chi connectivity index (χ0) is 18.4. The molecule has 154 valence electrons. The number of nitrogens with zero attached hydrogens (tertiary/aromatic N) is 5. The number of guanidine groups is 1. The molecule has 0 amide bonds. The number of methoxy groups -OCH3 is 1. The van der Waals surface area contributed by atoms with Gasteiger partial charge in [0.15, 0.2) is 11.8 Å². The van der Waals surface area contributed by atoms with Crippen molar-refractivity contribution in [1.82, 2.24) is 30.3 Å². The molecule has 2 atom stereocenters. The Labute approximate surface area is 179 Å². The number of nitrogens with one attached hydrogen (secondary N) is 2. The number of rotatable bonds is 6. The van der Waals surface area contributed by atoms with Gasteiger partial charge in [0, 0.05) is 39.7 Å². The number of fused-ring (bicyclic) bond motifs is 1. The Morgan fingerprint density at radius 1 is 1.33 bits per heavy atom. The van der Waals surface area contributed by atoms with E-state index < -0.39 is 0 Å². The number of piperidine rings is 1. The van der Waals surface area contributed by atoms with Gasteiger partial charge in [-0.15, -0.1) is 24.0 Å². The van der Waals surface area contributed by atoms with E-state index in [0.29, 0.717) is 18.6 Å². The van der Waals surface area contributed by atoms with Crippen LogP contribution in [0.15, 0.2) is 4.99 Å². The average molecular weight is 491 g/mol. The molecular formula is C18H34IN7O. The Balaban J connectivity index is 0.00000261. The molecule has 3 heterocycles. The van der Waals surface area contributed by atoms with Crippen LogP contribution in [0.4, 0.5) is 0 Å². The molecule has 1 aromatic heterocycles. The van der Waals surface area contributed by atoms with E-state index in [1.54, 1.807) is 7.11 Å². The Bertz CT molecular complexity index is 607. The van der Waals surface area contributed by atoms with Gasteiger partial charge in [-0.05, 0) is 38.3 Å². The summed E-state index contributed by atoms with van der Waals surface area (Å²) in [7, 11) is 3.51. The maximum atomic E-state index is 5.13. The van der Waals surface area contributed by atoms with Gasteiger partial charge in [-0.25, -0.2) is 9.67 Å². The Hall–Kier alpha value is -0.940. The van der Waals surface area contributed by atoms with Gasteiger partial charge < -0.3 is 20.3 Å². The minimum atomic E-state index is 0. The monoisotopic (exact) mass is 491 g/mol. The highest BCUT2D eigenvalue weighted by molar-refractivity contribution is 14.0. The normalized spacial score (nSPS) is 23.4. The van der Waals surface area contributed by atoms with Crippen molar-refractivity contribution in [2.45, 2.75) is 51.8 Å². The molecule has 0 spiro atoms. The Kier molecular flexibility index (Phi) is 9.24. The first kappa shape index (κ1) is 22.4. The van der Waals surface area contributed by atoms with Gasteiger partial charge in [0.05, 0.1) is 6.54 Å². The molecule has 3 rings (SSSR count). The first-order valence-electron chi connectivity index (χ1n) is 9.82. The second-order valence-corrected chi connectivity index (χ2v) is 7.29. The second-order valence-electron chi connectivity index (χ2n) is 7.29. The predicted molar refractivity (Wildman–Crippen MR) is 118 cm³/mol. The lowest BCUT2D eigenvalue weighted by Gasteiger charge is -2.32. The fraction of sp³-hybridized carbons (Fsp3) is 0.833. The summed E-state index contributed by atoms with van der Waals surface area (Å²) in [6.45, 7) is 8.10. The molecule has 0 aliphatic carbocycles. The van der Waals surface area contributed by atoms with Crippen LogP contribution in [0.25, 0.3) is 0 Å². The van der Waals surface area contributed by atoms with Crippen LogP contribution in [0.5, 0.6) is 0 Å². The van der Waals surface area contributed by atoms with Gasteiger partial charge in [-0.1, -0.05) is 6.92 Å². The molecule has 2 aliphatic heterocycles. The van der Waals surface area contributed by atoms with E-state index in [4.69, 9.17) is 4.74 Å². The van der Waals surface area contributed by atoms with Crippen LogP contribution in [-0.4, -0.2) is 72.0 Å². The number of aromatic nitrogens is 3. The third-order valence-electron chi connectivity index (χ3n) is 5.35. The minimum absolute atomic E-state index is 0. The molecule has 0 saturated carbocycles. The van der Waals surface area contributed by atoms with Crippen molar-refractivity contribution >= 4 is 29.9 Å². The van der Waals surface area contributed by atoms with Crippen LogP contribution in [0.2, 0.25) is 0 Å². The van der Waals surface area contributed by atoms with Crippen LogP contribution >= 0.6 is 24.0 Å².